The first kappa shape index (κ1) is 18.9. The quantitative estimate of drug-likeness (QED) is 0.589. The van der Waals surface area contributed by atoms with Crippen molar-refractivity contribution >= 4 is 22.8 Å². The van der Waals surface area contributed by atoms with Gasteiger partial charge in [-0.05, 0) is 43.6 Å². The number of rotatable bonds is 4. The number of fused-ring (bicyclic) bond motifs is 4. The number of halogens is 3. The standard InChI is InChI=1S/C21H19F3N4O2/c22-11-5-12-13(8-26-19(12)25-7-11)18-14(23)6-15(24)20(28-18)27-17-10-3-1-9(2-4-10)16(17)21(29)30/h5-10,16-17H,1-4H2,(H,25,26)(H,27,28)(H,29,30)/t9?,10?,16-,17-/m0/s1. The highest BCUT2D eigenvalue weighted by Crippen LogP contribution is 2.46. The van der Waals surface area contributed by atoms with E-state index in [1.165, 1.54) is 12.3 Å². The van der Waals surface area contributed by atoms with E-state index in [0.29, 0.717) is 17.1 Å². The van der Waals surface area contributed by atoms with Crippen LogP contribution in [0.5, 0.6) is 0 Å². The van der Waals surface area contributed by atoms with Crippen LogP contribution in [0.3, 0.4) is 0 Å². The van der Waals surface area contributed by atoms with Crippen LogP contribution in [0.25, 0.3) is 22.3 Å². The van der Waals surface area contributed by atoms with Gasteiger partial charge in [0.1, 0.15) is 17.2 Å². The number of nitrogens with one attached hydrogen (secondary N) is 2. The Balaban J connectivity index is 1.55. The van der Waals surface area contributed by atoms with Crippen molar-refractivity contribution in [1.29, 1.82) is 0 Å². The van der Waals surface area contributed by atoms with Gasteiger partial charge in [0.2, 0.25) is 0 Å². The number of aliphatic carboxylic acids is 1. The minimum absolute atomic E-state index is 0.0376. The molecule has 0 saturated heterocycles. The monoisotopic (exact) mass is 416 g/mol. The predicted molar refractivity (Wildman–Crippen MR) is 103 cm³/mol. The highest BCUT2D eigenvalue weighted by atomic mass is 19.1. The van der Waals surface area contributed by atoms with Crippen molar-refractivity contribution in [3.8, 4) is 11.3 Å². The van der Waals surface area contributed by atoms with E-state index in [-0.39, 0.29) is 28.9 Å². The summed E-state index contributed by atoms with van der Waals surface area (Å²) in [6, 6.07) is 1.44. The van der Waals surface area contributed by atoms with Crippen molar-refractivity contribution < 1.29 is 23.1 Å². The number of H-pyrrole nitrogens is 1. The second-order valence-corrected chi connectivity index (χ2v) is 8.11. The molecule has 0 unspecified atom stereocenters. The lowest BCUT2D eigenvalue weighted by atomic mass is 9.61. The summed E-state index contributed by atoms with van der Waals surface area (Å²) in [5, 5.41) is 13.0. The molecule has 156 valence electrons. The van der Waals surface area contributed by atoms with E-state index in [9.17, 15) is 23.1 Å². The first-order valence-corrected chi connectivity index (χ1v) is 9.90. The lowest BCUT2D eigenvalue weighted by Crippen LogP contribution is -2.51. The maximum Gasteiger partial charge on any atom is 0.308 e. The van der Waals surface area contributed by atoms with Crippen molar-refractivity contribution in [2.45, 2.75) is 31.7 Å². The number of carbonyl (C=O) groups is 1. The highest BCUT2D eigenvalue weighted by Gasteiger charge is 2.47. The summed E-state index contributed by atoms with van der Waals surface area (Å²) in [5.41, 5.74) is 0.435. The molecule has 3 saturated carbocycles. The molecule has 2 atom stereocenters. The molecule has 0 spiro atoms. The van der Waals surface area contributed by atoms with Crippen molar-refractivity contribution in [1.82, 2.24) is 15.0 Å². The van der Waals surface area contributed by atoms with Gasteiger partial charge < -0.3 is 15.4 Å². The molecule has 6 nitrogen and oxygen atoms in total. The highest BCUT2D eigenvalue weighted by molar-refractivity contribution is 5.92. The van der Waals surface area contributed by atoms with Crippen LogP contribution in [0.4, 0.5) is 19.0 Å². The Labute approximate surface area is 169 Å². The summed E-state index contributed by atoms with van der Waals surface area (Å²) in [5.74, 6) is -4.01. The lowest BCUT2D eigenvalue weighted by molar-refractivity contribution is -0.148. The SMILES string of the molecule is O=C(O)[C@H]1C2CCC(CC2)[C@@H]1Nc1nc(-c2c[nH]c3ncc(F)cc23)c(F)cc1F. The Kier molecular flexibility index (Phi) is 4.41. The van der Waals surface area contributed by atoms with Gasteiger partial charge in [0.15, 0.2) is 17.5 Å². The summed E-state index contributed by atoms with van der Waals surface area (Å²) in [6.45, 7) is 0. The number of aromatic amines is 1. The topological polar surface area (TPSA) is 90.9 Å². The van der Waals surface area contributed by atoms with Gasteiger partial charge in [-0.3, -0.25) is 4.79 Å². The van der Waals surface area contributed by atoms with Gasteiger partial charge in [0.25, 0.3) is 0 Å². The average Bonchev–Trinajstić information content (AvgIpc) is 3.13. The number of carboxylic acid groups (broad SMARTS) is 1. The second-order valence-electron chi connectivity index (χ2n) is 8.11. The molecule has 0 radical (unpaired) electrons. The van der Waals surface area contributed by atoms with Crippen LogP contribution in [-0.4, -0.2) is 32.1 Å². The van der Waals surface area contributed by atoms with Gasteiger partial charge in [-0.2, -0.15) is 0 Å². The molecule has 30 heavy (non-hydrogen) atoms. The average molecular weight is 416 g/mol. The van der Waals surface area contributed by atoms with E-state index < -0.39 is 35.4 Å². The molecule has 2 bridgehead atoms. The van der Waals surface area contributed by atoms with Crippen LogP contribution in [0.1, 0.15) is 25.7 Å². The van der Waals surface area contributed by atoms with Crippen molar-refractivity contribution in [2.24, 2.45) is 17.8 Å². The fraction of sp³-hybridized carbons (Fsp3) is 0.381. The molecule has 0 aromatic carbocycles. The molecule has 3 aliphatic rings. The fourth-order valence-corrected chi connectivity index (χ4v) is 5.10. The fourth-order valence-electron chi connectivity index (χ4n) is 5.10. The smallest absolute Gasteiger partial charge is 0.308 e. The zero-order valence-electron chi connectivity index (χ0n) is 15.8. The van der Waals surface area contributed by atoms with Crippen LogP contribution < -0.4 is 5.32 Å². The van der Waals surface area contributed by atoms with Crippen molar-refractivity contribution in [2.75, 3.05) is 5.32 Å². The molecule has 0 aliphatic heterocycles. The minimum Gasteiger partial charge on any atom is -0.481 e. The Bertz CT molecular complexity index is 1140. The first-order chi connectivity index (χ1) is 14.4. The zero-order valence-corrected chi connectivity index (χ0v) is 15.8. The third kappa shape index (κ3) is 3.00. The van der Waals surface area contributed by atoms with Crippen LogP contribution in [0, 0.1) is 35.2 Å². The summed E-state index contributed by atoms with van der Waals surface area (Å²) >= 11 is 0. The van der Waals surface area contributed by atoms with Crippen LogP contribution in [0.2, 0.25) is 0 Å². The molecule has 6 rings (SSSR count). The van der Waals surface area contributed by atoms with Gasteiger partial charge >= 0.3 is 5.97 Å². The van der Waals surface area contributed by atoms with E-state index in [4.69, 9.17) is 0 Å². The predicted octanol–water partition coefficient (Wildman–Crippen LogP) is 4.34. The summed E-state index contributed by atoms with van der Waals surface area (Å²) < 4.78 is 42.8. The molecule has 3 N–H and O–H groups in total. The number of anilines is 1. The molecule has 3 aromatic rings. The van der Waals surface area contributed by atoms with Crippen molar-refractivity contribution in [3.05, 3.63) is 42.0 Å². The molecule has 0 amide bonds. The van der Waals surface area contributed by atoms with Gasteiger partial charge in [-0.15, -0.1) is 0 Å². The summed E-state index contributed by atoms with van der Waals surface area (Å²) in [4.78, 5) is 22.7. The Morgan fingerprint density at radius 3 is 2.57 bits per heavy atom. The molecule has 3 fully saturated rings. The van der Waals surface area contributed by atoms with E-state index in [2.05, 4.69) is 20.3 Å². The van der Waals surface area contributed by atoms with Gasteiger partial charge in [0, 0.05) is 29.3 Å². The van der Waals surface area contributed by atoms with Gasteiger partial charge in [-0.25, -0.2) is 23.1 Å². The summed E-state index contributed by atoms with van der Waals surface area (Å²) in [6.07, 6.45) is 5.90. The van der Waals surface area contributed by atoms with Crippen LogP contribution in [-0.2, 0) is 4.79 Å². The minimum atomic E-state index is -0.914. The maximum atomic E-state index is 14.6. The Morgan fingerprint density at radius 1 is 1.10 bits per heavy atom. The largest absolute Gasteiger partial charge is 0.481 e. The first-order valence-electron chi connectivity index (χ1n) is 9.90. The van der Waals surface area contributed by atoms with Gasteiger partial charge in [0.05, 0.1) is 12.1 Å². The van der Waals surface area contributed by atoms with Crippen molar-refractivity contribution in [3.63, 3.8) is 0 Å². The molecule has 3 aliphatic carbocycles. The van der Waals surface area contributed by atoms with E-state index in [1.54, 1.807) is 0 Å². The molecule has 3 aromatic heterocycles. The third-order valence-electron chi connectivity index (χ3n) is 6.49. The Morgan fingerprint density at radius 2 is 1.83 bits per heavy atom. The van der Waals surface area contributed by atoms with Crippen LogP contribution >= 0.6 is 0 Å². The van der Waals surface area contributed by atoms with E-state index in [0.717, 1.165) is 31.9 Å². The number of nitrogens with zero attached hydrogens (tertiary/aromatic N) is 2. The number of pyridine rings is 2. The number of hydrogen-bond donors (Lipinski definition) is 3. The maximum absolute atomic E-state index is 14.6. The molecule has 9 heteroatoms. The molecule has 3 heterocycles. The zero-order chi connectivity index (χ0) is 21.0. The second kappa shape index (κ2) is 7.00. The van der Waals surface area contributed by atoms with E-state index in [1.807, 2.05) is 0 Å². The number of hydrogen-bond acceptors (Lipinski definition) is 4. The van der Waals surface area contributed by atoms with E-state index >= 15 is 0 Å². The number of aromatic nitrogens is 3. The molecular weight excluding hydrogens is 397 g/mol. The third-order valence-corrected chi connectivity index (χ3v) is 6.49. The molecular formula is C21H19F3N4O2. The van der Waals surface area contributed by atoms with Crippen LogP contribution in [0.15, 0.2) is 24.5 Å². The normalized spacial score (nSPS) is 25.6. The number of carboxylic acids is 1. The Hall–Kier alpha value is -3.10. The van der Waals surface area contributed by atoms with Gasteiger partial charge in [-0.1, -0.05) is 0 Å². The lowest BCUT2D eigenvalue weighted by Gasteiger charge is -2.47. The summed E-state index contributed by atoms with van der Waals surface area (Å²) in [7, 11) is 0.